The number of carbonyl (C=O) groups excluding carboxylic acids is 2. The van der Waals surface area contributed by atoms with Gasteiger partial charge in [-0.15, -0.1) is 17.9 Å². The van der Waals surface area contributed by atoms with Crippen LogP contribution in [0.4, 0.5) is 14.9 Å². The van der Waals surface area contributed by atoms with Gasteiger partial charge in [-0.3, -0.25) is 4.79 Å². The smallest absolute Gasteiger partial charge is 0.322 e. The first-order chi connectivity index (χ1) is 15.4. The van der Waals surface area contributed by atoms with Crippen molar-refractivity contribution in [1.82, 2.24) is 9.80 Å². The summed E-state index contributed by atoms with van der Waals surface area (Å²) in [6, 6.07) is 16.8. The van der Waals surface area contributed by atoms with Crippen molar-refractivity contribution in [3.8, 4) is 0 Å². The molecule has 0 bridgehead atoms. The molecule has 2 aromatic carbocycles. The van der Waals surface area contributed by atoms with Gasteiger partial charge >= 0.3 is 6.03 Å². The summed E-state index contributed by atoms with van der Waals surface area (Å²) in [6.45, 7) is 4.53. The second-order valence-electron chi connectivity index (χ2n) is 7.07. The highest BCUT2D eigenvalue weighted by Gasteiger charge is 2.22. The second kappa shape index (κ2) is 11.6. The number of urea groups is 1. The third-order valence-electron chi connectivity index (χ3n) is 4.60. The van der Waals surface area contributed by atoms with Crippen LogP contribution in [0.5, 0.6) is 0 Å². The van der Waals surface area contributed by atoms with Crippen LogP contribution in [0.15, 0.2) is 83.2 Å². The number of amides is 3. The Morgan fingerprint density at radius 3 is 2.50 bits per heavy atom. The van der Waals surface area contributed by atoms with E-state index in [0.717, 1.165) is 14.9 Å². The van der Waals surface area contributed by atoms with Crippen molar-refractivity contribution in [2.45, 2.75) is 13.1 Å². The van der Waals surface area contributed by atoms with Crippen molar-refractivity contribution in [3.63, 3.8) is 0 Å². The van der Waals surface area contributed by atoms with E-state index in [4.69, 9.17) is 0 Å². The summed E-state index contributed by atoms with van der Waals surface area (Å²) in [5, 5.41) is 4.76. The van der Waals surface area contributed by atoms with E-state index in [1.54, 1.807) is 46.6 Å². The molecule has 3 amide bonds. The van der Waals surface area contributed by atoms with Crippen LogP contribution in [-0.2, 0) is 17.9 Å². The maximum Gasteiger partial charge on any atom is 0.322 e. The topological polar surface area (TPSA) is 52.7 Å². The largest absolute Gasteiger partial charge is 0.332 e. The molecule has 0 radical (unpaired) electrons. The molecule has 3 rings (SSSR count). The van der Waals surface area contributed by atoms with Crippen molar-refractivity contribution in [2.75, 3.05) is 18.4 Å². The fraction of sp³-hybridized carbons (Fsp3) is 0.167. The monoisotopic (exact) mass is 515 g/mol. The molecule has 3 aromatic rings. The molecule has 1 aromatic heterocycles. The third-order valence-corrected chi connectivity index (χ3v) is 5.96. The van der Waals surface area contributed by atoms with Gasteiger partial charge in [0.05, 0.1) is 6.54 Å². The van der Waals surface area contributed by atoms with Gasteiger partial charge in [-0.1, -0.05) is 46.3 Å². The summed E-state index contributed by atoms with van der Waals surface area (Å²) < 4.78 is 14.1. The minimum absolute atomic E-state index is 0.113. The number of anilines is 1. The van der Waals surface area contributed by atoms with Crippen molar-refractivity contribution >= 4 is 44.9 Å². The Morgan fingerprint density at radius 2 is 1.84 bits per heavy atom. The van der Waals surface area contributed by atoms with Crippen LogP contribution in [0.3, 0.4) is 0 Å². The van der Waals surface area contributed by atoms with Gasteiger partial charge in [0.15, 0.2) is 0 Å². The average molecular weight is 516 g/mol. The van der Waals surface area contributed by atoms with E-state index < -0.39 is 6.03 Å². The van der Waals surface area contributed by atoms with Crippen LogP contribution in [-0.4, -0.2) is 34.8 Å². The van der Waals surface area contributed by atoms with Gasteiger partial charge in [0.1, 0.15) is 12.4 Å². The SMILES string of the molecule is C=CCN(CC(=O)N(Cc1ccc(F)cc1)Cc1cccs1)C(=O)Nc1cccc(Br)c1. The number of hydrogen-bond acceptors (Lipinski definition) is 3. The first-order valence-electron chi connectivity index (χ1n) is 9.91. The lowest BCUT2D eigenvalue weighted by molar-refractivity contribution is -0.132. The molecule has 0 unspecified atom stereocenters. The zero-order valence-corrected chi connectivity index (χ0v) is 19.7. The van der Waals surface area contributed by atoms with Crippen LogP contribution in [0.2, 0.25) is 0 Å². The molecule has 0 saturated heterocycles. The van der Waals surface area contributed by atoms with Crippen LogP contribution >= 0.6 is 27.3 Å². The number of halogens is 2. The molecular weight excluding hydrogens is 493 g/mol. The summed E-state index contributed by atoms with van der Waals surface area (Å²) >= 11 is 4.93. The maximum absolute atomic E-state index is 13.3. The summed E-state index contributed by atoms with van der Waals surface area (Å²) in [6.07, 6.45) is 1.58. The Kier molecular flexibility index (Phi) is 8.58. The maximum atomic E-state index is 13.3. The van der Waals surface area contributed by atoms with Gasteiger partial charge in [-0.05, 0) is 47.3 Å². The van der Waals surface area contributed by atoms with E-state index in [1.165, 1.54) is 17.0 Å². The molecule has 166 valence electrons. The number of nitrogens with one attached hydrogen (secondary N) is 1. The highest BCUT2D eigenvalue weighted by Crippen LogP contribution is 2.18. The lowest BCUT2D eigenvalue weighted by Gasteiger charge is -2.27. The van der Waals surface area contributed by atoms with Crippen LogP contribution in [0.25, 0.3) is 0 Å². The minimum Gasteiger partial charge on any atom is -0.332 e. The molecular formula is C24H23BrFN3O2S. The molecule has 0 saturated carbocycles. The lowest BCUT2D eigenvalue weighted by Crippen LogP contribution is -2.44. The molecule has 0 aliphatic rings. The van der Waals surface area contributed by atoms with E-state index in [0.29, 0.717) is 18.8 Å². The Hall–Kier alpha value is -2.97. The van der Waals surface area contributed by atoms with Crippen LogP contribution in [0, 0.1) is 5.82 Å². The predicted molar refractivity (Wildman–Crippen MR) is 130 cm³/mol. The molecule has 0 fully saturated rings. The van der Waals surface area contributed by atoms with Crippen molar-refractivity contribution in [3.05, 3.63) is 99.4 Å². The van der Waals surface area contributed by atoms with Gasteiger partial charge in [0.25, 0.3) is 0 Å². The van der Waals surface area contributed by atoms with Crippen LogP contribution < -0.4 is 5.32 Å². The Bertz CT molecular complexity index is 1060. The molecule has 0 atom stereocenters. The highest BCUT2D eigenvalue weighted by atomic mass is 79.9. The van der Waals surface area contributed by atoms with Gasteiger partial charge in [0.2, 0.25) is 5.91 Å². The first-order valence-corrected chi connectivity index (χ1v) is 11.6. The fourth-order valence-corrected chi connectivity index (χ4v) is 4.16. The number of benzene rings is 2. The summed E-state index contributed by atoms with van der Waals surface area (Å²) in [5.74, 6) is -0.541. The molecule has 1 N–H and O–H groups in total. The standard InChI is InChI=1S/C24H23BrFN3O2S/c1-2-12-28(24(31)27-21-6-3-5-19(25)14-21)17-23(30)29(16-22-7-4-13-32-22)15-18-8-10-20(26)11-9-18/h2-11,13-14H,1,12,15-17H2,(H,27,31). The summed E-state index contributed by atoms with van der Waals surface area (Å²) in [5.41, 5.74) is 1.43. The Balaban J connectivity index is 1.73. The molecule has 32 heavy (non-hydrogen) atoms. The number of thiophene rings is 1. The quantitative estimate of drug-likeness (QED) is 0.360. The Labute approximate surface area is 199 Å². The molecule has 0 spiro atoms. The number of rotatable bonds is 9. The zero-order chi connectivity index (χ0) is 22.9. The molecule has 0 aliphatic carbocycles. The van der Waals surface area contributed by atoms with Gasteiger partial charge < -0.3 is 15.1 Å². The second-order valence-corrected chi connectivity index (χ2v) is 9.01. The normalized spacial score (nSPS) is 10.4. The molecule has 5 nitrogen and oxygen atoms in total. The molecule has 8 heteroatoms. The summed E-state index contributed by atoms with van der Waals surface area (Å²) in [4.78, 5) is 30.2. The lowest BCUT2D eigenvalue weighted by atomic mass is 10.2. The van der Waals surface area contributed by atoms with E-state index in [1.807, 2.05) is 29.6 Å². The van der Waals surface area contributed by atoms with Crippen molar-refractivity contribution in [2.24, 2.45) is 0 Å². The summed E-state index contributed by atoms with van der Waals surface area (Å²) in [7, 11) is 0. The Morgan fingerprint density at radius 1 is 1.06 bits per heavy atom. The number of hydrogen-bond donors (Lipinski definition) is 1. The number of carbonyl (C=O) groups is 2. The van der Waals surface area contributed by atoms with Crippen molar-refractivity contribution in [1.29, 1.82) is 0 Å². The van der Waals surface area contributed by atoms with Crippen molar-refractivity contribution < 1.29 is 14.0 Å². The van der Waals surface area contributed by atoms with E-state index in [2.05, 4.69) is 27.8 Å². The molecule has 0 aliphatic heterocycles. The highest BCUT2D eigenvalue weighted by molar-refractivity contribution is 9.10. The molecule has 1 heterocycles. The fourth-order valence-electron chi connectivity index (χ4n) is 3.04. The van der Waals surface area contributed by atoms with Gasteiger partial charge in [-0.2, -0.15) is 0 Å². The number of nitrogens with zero attached hydrogens (tertiary/aromatic N) is 2. The average Bonchev–Trinajstić information content (AvgIpc) is 3.27. The third kappa shape index (κ3) is 7.03. The van der Waals surface area contributed by atoms with Gasteiger partial charge in [0, 0.05) is 28.1 Å². The predicted octanol–water partition coefficient (Wildman–Crippen LogP) is 5.90. The van der Waals surface area contributed by atoms with Gasteiger partial charge in [-0.25, -0.2) is 9.18 Å². The van der Waals surface area contributed by atoms with E-state index in [9.17, 15) is 14.0 Å². The minimum atomic E-state index is -0.394. The van der Waals surface area contributed by atoms with E-state index >= 15 is 0 Å². The van der Waals surface area contributed by atoms with E-state index in [-0.39, 0.29) is 24.8 Å². The first kappa shape index (κ1) is 23.7. The zero-order valence-electron chi connectivity index (χ0n) is 17.3. The van der Waals surface area contributed by atoms with Crippen LogP contribution in [0.1, 0.15) is 10.4 Å².